The molecule has 0 saturated carbocycles. The Morgan fingerprint density at radius 2 is 2.24 bits per heavy atom. The van der Waals surface area contributed by atoms with Gasteiger partial charge in [-0.3, -0.25) is 0 Å². The van der Waals surface area contributed by atoms with Gasteiger partial charge in [0, 0.05) is 5.92 Å². The Morgan fingerprint density at radius 1 is 1.47 bits per heavy atom. The Morgan fingerprint density at radius 3 is 2.94 bits per heavy atom. The summed E-state index contributed by atoms with van der Waals surface area (Å²) in [5.41, 5.74) is 1.44. The van der Waals surface area contributed by atoms with Crippen LogP contribution in [0.4, 0.5) is 0 Å². The van der Waals surface area contributed by atoms with Crippen LogP contribution in [-0.2, 0) is 9.53 Å². The summed E-state index contributed by atoms with van der Waals surface area (Å²) in [6.45, 7) is 6.50. The number of aldehydes is 1. The normalized spacial score (nSPS) is 39.8. The predicted octanol–water partition coefficient (Wildman–Crippen LogP) is 3.36. The van der Waals surface area contributed by atoms with Gasteiger partial charge in [0.05, 0.1) is 12.2 Å². The van der Waals surface area contributed by atoms with E-state index in [2.05, 4.69) is 19.9 Å². The molecule has 4 unspecified atom stereocenters. The Bertz CT molecular complexity index is 308. The van der Waals surface area contributed by atoms with Gasteiger partial charge in [-0.25, -0.2) is 0 Å². The molecular formula is C15H24O2. The SMILES string of the molecule is CC1=CCC2C(C1)OC(C(C)C=O)CC[C@H]2C. The van der Waals surface area contributed by atoms with Crippen LogP contribution in [0.25, 0.3) is 0 Å². The molecule has 2 heteroatoms. The molecular weight excluding hydrogens is 212 g/mol. The molecule has 1 saturated heterocycles. The van der Waals surface area contributed by atoms with Crippen molar-refractivity contribution in [1.29, 1.82) is 0 Å². The Kier molecular flexibility index (Phi) is 4.03. The summed E-state index contributed by atoms with van der Waals surface area (Å²) >= 11 is 0. The largest absolute Gasteiger partial charge is 0.374 e. The van der Waals surface area contributed by atoms with Crippen molar-refractivity contribution in [3.63, 3.8) is 0 Å². The summed E-state index contributed by atoms with van der Waals surface area (Å²) in [4.78, 5) is 10.9. The molecule has 0 amide bonds. The van der Waals surface area contributed by atoms with Gasteiger partial charge in [-0.1, -0.05) is 25.5 Å². The van der Waals surface area contributed by atoms with Gasteiger partial charge in [0.25, 0.3) is 0 Å². The summed E-state index contributed by atoms with van der Waals surface area (Å²) in [5, 5.41) is 0. The molecule has 2 nitrogen and oxygen atoms in total. The second-order valence-electron chi connectivity index (χ2n) is 5.92. The first-order valence-corrected chi connectivity index (χ1v) is 6.88. The number of carbonyl (C=O) groups excluding carboxylic acids is 1. The zero-order valence-electron chi connectivity index (χ0n) is 11.2. The van der Waals surface area contributed by atoms with E-state index in [4.69, 9.17) is 4.74 Å². The highest BCUT2D eigenvalue weighted by Gasteiger charge is 2.36. The summed E-state index contributed by atoms with van der Waals surface area (Å²) in [7, 11) is 0. The second-order valence-corrected chi connectivity index (χ2v) is 5.92. The van der Waals surface area contributed by atoms with E-state index in [1.807, 2.05) is 6.92 Å². The third-order valence-corrected chi connectivity index (χ3v) is 4.53. The van der Waals surface area contributed by atoms with Gasteiger partial charge in [0.2, 0.25) is 0 Å². The topological polar surface area (TPSA) is 26.3 Å². The lowest BCUT2D eigenvalue weighted by molar-refractivity contribution is -0.119. The summed E-state index contributed by atoms with van der Waals surface area (Å²) in [6, 6.07) is 0. The zero-order valence-corrected chi connectivity index (χ0v) is 11.2. The van der Waals surface area contributed by atoms with Gasteiger partial charge in [0.15, 0.2) is 0 Å². The Labute approximate surface area is 104 Å². The predicted molar refractivity (Wildman–Crippen MR) is 68.8 cm³/mol. The molecule has 0 radical (unpaired) electrons. The van der Waals surface area contributed by atoms with Crippen LogP contribution in [0.15, 0.2) is 11.6 Å². The lowest BCUT2D eigenvalue weighted by Gasteiger charge is -2.33. The van der Waals surface area contributed by atoms with Gasteiger partial charge in [0.1, 0.15) is 6.29 Å². The van der Waals surface area contributed by atoms with Crippen LogP contribution in [0.1, 0.15) is 46.5 Å². The van der Waals surface area contributed by atoms with E-state index in [1.165, 1.54) is 12.0 Å². The number of hydrogen-bond donors (Lipinski definition) is 0. The van der Waals surface area contributed by atoms with Crippen LogP contribution in [0.2, 0.25) is 0 Å². The van der Waals surface area contributed by atoms with E-state index in [0.717, 1.165) is 25.5 Å². The molecule has 0 spiro atoms. The summed E-state index contributed by atoms with van der Waals surface area (Å²) in [5.74, 6) is 1.41. The van der Waals surface area contributed by atoms with Crippen LogP contribution >= 0.6 is 0 Å². The van der Waals surface area contributed by atoms with Crippen molar-refractivity contribution < 1.29 is 9.53 Å². The van der Waals surface area contributed by atoms with E-state index >= 15 is 0 Å². The van der Waals surface area contributed by atoms with Crippen molar-refractivity contribution in [2.24, 2.45) is 17.8 Å². The van der Waals surface area contributed by atoms with Crippen LogP contribution in [0, 0.1) is 17.8 Å². The van der Waals surface area contributed by atoms with E-state index in [-0.39, 0.29) is 12.0 Å². The van der Waals surface area contributed by atoms with Gasteiger partial charge >= 0.3 is 0 Å². The number of carbonyl (C=O) groups is 1. The van der Waals surface area contributed by atoms with Crippen molar-refractivity contribution in [1.82, 2.24) is 0 Å². The smallest absolute Gasteiger partial charge is 0.125 e. The van der Waals surface area contributed by atoms with Crippen molar-refractivity contribution in [2.45, 2.75) is 58.7 Å². The molecule has 5 atom stereocenters. The molecule has 0 bridgehead atoms. The first-order chi connectivity index (χ1) is 8.11. The van der Waals surface area contributed by atoms with E-state index in [9.17, 15) is 4.79 Å². The summed E-state index contributed by atoms with van der Waals surface area (Å²) < 4.78 is 6.24. The lowest BCUT2D eigenvalue weighted by Crippen LogP contribution is -2.33. The highest BCUT2D eigenvalue weighted by Crippen LogP contribution is 2.38. The van der Waals surface area contributed by atoms with Crippen molar-refractivity contribution >= 4 is 6.29 Å². The molecule has 0 aromatic carbocycles. The van der Waals surface area contributed by atoms with Crippen LogP contribution in [0.5, 0.6) is 0 Å². The minimum Gasteiger partial charge on any atom is -0.374 e. The molecule has 2 rings (SSSR count). The van der Waals surface area contributed by atoms with Gasteiger partial charge in [-0.05, 0) is 44.4 Å². The number of hydrogen-bond acceptors (Lipinski definition) is 2. The standard InChI is InChI=1S/C15H24O2/c1-10-4-6-13-11(2)5-7-14(12(3)9-16)17-15(13)8-10/h4,9,11-15H,5-8H2,1-3H3/t11-,12?,13?,14?,15?/m1/s1. The minimum absolute atomic E-state index is 0.0344. The van der Waals surface area contributed by atoms with Gasteiger partial charge in [-0.2, -0.15) is 0 Å². The minimum atomic E-state index is 0.0344. The highest BCUT2D eigenvalue weighted by atomic mass is 16.5. The number of fused-ring (bicyclic) bond motifs is 1. The number of allylic oxidation sites excluding steroid dienone is 1. The average Bonchev–Trinajstić information content (AvgIpc) is 2.48. The fraction of sp³-hybridized carbons (Fsp3) is 0.800. The maximum Gasteiger partial charge on any atom is 0.125 e. The van der Waals surface area contributed by atoms with E-state index in [1.54, 1.807) is 0 Å². The Hall–Kier alpha value is -0.630. The molecule has 1 aliphatic carbocycles. The molecule has 1 fully saturated rings. The molecule has 2 aliphatic rings. The molecule has 0 N–H and O–H groups in total. The molecule has 0 aromatic heterocycles. The maximum absolute atomic E-state index is 10.9. The molecule has 0 aromatic rings. The molecule has 17 heavy (non-hydrogen) atoms. The lowest BCUT2D eigenvalue weighted by atomic mass is 9.78. The average molecular weight is 236 g/mol. The van der Waals surface area contributed by atoms with Crippen LogP contribution in [-0.4, -0.2) is 18.5 Å². The quantitative estimate of drug-likeness (QED) is 0.543. The number of rotatable bonds is 2. The van der Waals surface area contributed by atoms with E-state index < -0.39 is 0 Å². The fourth-order valence-corrected chi connectivity index (χ4v) is 3.20. The highest BCUT2D eigenvalue weighted by molar-refractivity contribution is 5.53. The van der Waals surface area contributed by atoms with Gasteiger partial charge in [-0.15, -0.1) is 0 Å². The van der Waals surface area contributed by atoms with Crippen LogP contribution < -0.4 is 0 Å². The van der Waals surface area contributed by atoms with Crippen molar-refractivity contribution in [3.05, 3.63) is 11.6 Å². The second kappa shape index (κ2) is 5.34. The first-order valence-electron chi connectivity index (χ1n) is 6.88. The van der Waals surface area contributed by atoms with Gasteiger partial charge < -0.3 is 9.53 Å². The number of ether oxygens (including phenoxy) is 1. The summed E-state index contributed by atoms with van der Waals surface area (Å²) in [6.07, 6.45) is 8.31. The molecule has 96 valence electrons. The molecule has 1 heterocycles. The Balaban J connectivity index is 2.11. The zero-order chi connectivity index (χ0) is 12.4. The maximum atomic E-state index is 10.9. The monoisotopic (exact) mass is 236 g/mol. The van der Waals surface area contributed by atoms with E-state index in [0.29, 0.717) is 17.9 Å². The van der Waals surface area contributed by atoms with Crippen LogP contribution in [0.3, 0.4) is 0 Å². The third-order valence-electron chi connectivity index (χ3n) is 4.53. The third kappa shape index (κ3) is 2.79. The van der Waals surface area contributed by atoms with Crippen molar-refractivity contribution in [3.8, 4) is 0 Å². The fourth-order valence-electron chi connectivity index (χ4n) is 3.20. The first kappa shape index (κ1) is 12.8. The van der Waals surface area contributed by atoms with Crippen molar-refractivity contribution in [2.75, 3.05) is 0 Å². The molecule has 1 aliphatic heterocycles.